The highest BCUT2D eigenvalue weighted by Gasteiger charge is 2.26. The third-order valence-corrected chi connectivity index (χ3v) is 4.86. The Kier molecular flexibility index (Phi) is 7.06. The van der Waals surface area contributed by atoms with E-state index in [0.717, 1.165) is 16.5 Å². The van der Waals surface area contributed by atoms with Crippen LogP contribution in [-0.2, 0) is 27.8 Å². The van der Waals surface area contributed by atoms with Gasteiger partial charge in [0.15, 0.2) is 0 Å². The van der Waals surface area contributed by atoms with Crippen LogP contribution in [0, 0.1) is 0 Å². The van der Waals surface area contributed by atoms with Crippen LogP contribution in [0.4, 0.5) is 16.2 Å². The highest BCUT2D eigenvalue weighted by atomic mass is 16.6. The number of benzene rings is 2. The van der Waals surface area contributed by atoms with Gasteiger partial charge >= 0.3 is 6.09 Å². The number of hydrogen-bond acceptors (Lipinski definition) is 4. The lowest BCUT2D eigenvalue weighted by molar-refractivity contribution is -0.118. The first-order chi connectivity index (χ1) is 15.5. The fourth-order valence-corrected chi connectivity index (χ4v) is 3.57. The van der Waals surface area contributed by atoms with E-state index in [1.54, 1.807) is 45.0 Å². The zero-order valence-electron chi connectivity index (χ0n) is 19.6. The van der Waals surface area contributed by atoms with Gasteiger partial charge < -0.3 is 25.3 Å². The Labute approximate surface area is 193 Å². The van der Waals surface area contributed by atoms with Crippen molar-refractivity contribution in [2.75, 3.05) is 10.6 Å². The summed E-state index contributed by atoms with van der Waals surface area (Å²) >= 11 is 0. The first kappa shape index (κ1) is 23.8. The van der Waals surface area contributed by atoms with Crippen LogP contribution < -0.4 is 16.0 Å². The summed E-state index contributed by atoms with van der Waals surface area (Å²) in [6.07, 6.45) is 1.56. The average Bonchev–Trinajstić information content (AvgIpc) is 3.01. The van der Waals surface area contributed by atoms with Crippen molar-refractivity contribution in [3.63, 3.8) is 0 Å². The van der Waals surface area contributed by atoms with E-state index in [2.05, 4.69) is 16.0 Å². The first-order valence-electron chi connectivity index (χ1n) is 10.7. The summed E-state index contributed by atoms with van der Waals surface area (Å²) in [5, 5.41) is 9.24. The molecule has 2 aromatic carbocycles. The topological polar surface area (TPSA) is 101 Å². The third-order valence-electron chi connectivity index (χ3n) is 4.86. The predicted molar refractivity (Wildman–Crippen MR) is 129 cm³/mol. The van der Waals surface area contributed by atoms with Gasteiger partial charge in [-0.3, -0.25) is 9.59 Å². The molecule has 174 valence electrons. The summed E-state index contributed by atoms with van der Waals surface area (Å²) in [4.78, 5) is 37.1. The maximum Gasteiger partial charge on any atom is 0.408 e. The maximum absolute atomic E-state index is 13.2. The van der Waals surface area contributed by atoms with Crippen LogP contribution in [0.15, 0.2) is 54.7 Å². The summed E-state index contributed by atoms with van der Waals surface area (Å²) in [5.74, 6) is -0.604. The monoisotopic (exact) mass is 450 g/mol. The van der Waals surface area contributed by atoms with Gasteiger partial charge in [-0.25, -0.2) is 4.79 Å². The Morgan fingerprint density at radius 1 is 1.00 bits per heavy atom. The Morgan fingerprint density at radius 3 is 2.33 bits per heavy atom. The molecule has 0 saturated carbocycles. The molecule has 1 heterocycles. The maximum atomic E-state index is 13.2. The number of para-hydroxylation sites is 1. The molecule has 0 spiro atoms. The second kappa shape index (κ2) is 9.77. The number of carbonyl (C=O) groups is 3. The molecular weight excluding hydrogens is 420 g/mol. The number of nitrogens with one attached hydrogen (secondary N) is 3. The third kappa shape index (κ3) is 6.58. The molecule has 8 nitrogen and oxygen atoms in total. The Hall–Kier alpha value is -3.81. The van der Waals surface area contributed by atoms with Crippen molar-refractivity contribution >= 4 is 40.2 Å². The zero-order chi connectivity index (χ0) is 24.2. The summed E-state index contributed by atoms with van der Waals surface area (Å²) in [6, 6.07) is 13.8. The number of anilines is 2. The van der Waals surface area contributed by atoms with Crippen LogP contribution >= 0.6 is 0 Å². The molecule has 0 radical (unpaired) electrons. The van der Waals surface area contributed by atoms with Gasteiger partial charge in [-0.05, 0) is 50.6 Å². The lowest BCUT2D eigenvalue weighted by Gasteiger charge is -2.23. The molecule has 0 aliphatic rings. The molecule has 0 saturated heterocycles. The van der Waals surface area contributed by atoms with E-state index in [1.165, 1.54) is 6.92 Å². The standard InChI is InChI=1S/C25H30N4O4/c1-16(30)26-18-9-8-10-19(14-18)27-23(31)21(28-24(32)33-25(2,3)4)13-17-15-29(5)22-12-7-6-11-20(17)22/h6-12,14-15,21H,13H2,1-5H3,(H,26,30)(H,27,31)(H,28,32). The molecule has 3 amide bonds. The molecule has 0 aliphatic carbocycles. The number of ether oxygens (including phenoxy) is 1. The second-order valence-corrected chi connectivity index (χ2v) is 8.94. The molecule has 1 unspecified atom stereocenters. The Balaban J connectivity index is 1.85. The molecule has 0 aliphatic heterocycles. The van der Waals surface area contributed by atoms with Gasteiger partial charge in [-0.2, -0.15) is 0 Å². The summed E-state index contributed by atoms with van der Waals surface area (Å²) < 4.78 is 7.37. The quantitative estimate of drug-likeness (QED) is 0.524. The van der Waals surface area contributed by atoms with Crippen LogP contribution in [0.1, 0.15) is 33.3 Å². The van der Waals surface area contributed by atoms with Gasteiger partial charge in [0.1, 0.15) is 11.6 Å². The molecular formula is C25H30N4O4. The number of fused-ring (bicyclic) bond motifs is 1. The summed E-state index contributed by atoms with van der Waals surface area (Å²) in [5.41, 5.74) is 2.33. The number of aryl methyl sites for hydroxylation is 1. The van der Waals surface area contributed by atoms with Crippen LogP contribution in [0.5, 0.6) is 0 Å². The van der Waals surface area contributed by atoms with Crippen molar-refractivity contribution < 1.29 is 19.1 Å². The number of nitrogens with zero attached hydrogens (tertiary/aromatic N) is 1. The Bertz CT molecular complexity index is 1180. The smallest absolute Gasteiger partial charge is 0.408 e. The molecule has 33 heavy (non-hydrogen) atoms. The second-order valence-electron chi connectivity index (χ2n) is 8.94. The largest absolute Gasteiger partial charge is 0.444 e. The zero-order valence-corrected chi connectivity index (χ0v) is 19.6. The van der Waals surface area contributed by atoms with Gasteiger partial charge in [0.25, 0.3) is 0 Å². The van der Waals surface area contributed by atoms with E-state index in [-0.39, 0.29) is 12.3 Å². The molecule has 0 fully saturated rings. The van der Waals surface area contributed by atoms with Crippen molar-refractivity contribution in [3.8, 4) is 0 Å². The van der Waals surface area contributed by atoms with Gasteiger partial charge in [-0.1, -0.05) is 24.3 Å². The molecule has 1 atom stereocenters. The summed E-state index contributed by atoms with van der Waals surface area (Å²) in [7, 11) is 1.94. The van der Waals surface area contributed by atoms with Gasteiger partial charge in [-0.15, -0.1) is 0 Å². The van der Waals surface area contributed by atoms with Crippen molar-refractivity contribution in [3.05, 3.63) is 60.3 Å². The number of hydrogen-bond donors (Lipinski definition) is 3. The number of alkyl carbamates (subject to hydrolysis) is 1. The fraction of sp³-hybridized carbons (Fsp3) is 0.320. The lowest BCUT2D eigenvalue weighted by atomic mass is 10.0. The van der Waals surface area contributed by atoms with Crippen LogP contribution in [0.25, 0.3) is 10.9 Å². The van der Waals surface area contributed by atoms with Crippen molar-refractivity contribution in [1.29, 1.82) is 0 Å². The van der Waals surface area contributed by atoms with Gasteiger partial charge in [0, 0.05) is 48.9 Å². The van der Waals surface area contributed by atoms with E-state index in [0.29, 0.717) is 11.4 Å². The van der Waals surface area contributed by atoms with Crippen LogP contribution in [-0.4, -0.2) is 34.1 Å². The van der Waals surface area contributed by atoms with E-state index in [1.807, 2.05) is 42.1 Å². The predicted octanol–water partition coefficient (Wildman–Crippen LogP) is 4.21. The number of amides is 3. The molecule has 1 aromatic heterocycles. The normalized spacial score (nSPS) is 12.2. The fourth-order valence-electron chi connectivity index (χ4n) is 3.57. The van der Waals surface area contributed by atoms with E-state index in [4.69, 9.17) is 4.74 Å². The van der Waals surface area contributed by atoms with Crippen molar-refractivity contribution in [2.45, 2.75) is 45.8 Å². The van der Waals surface area contributed by atoms with Crippen molar-refractivity contribution in [2.24, 2.45) is 7.05 Å². The van der Waals surface area contributed by atoms with Crippen LogP contribution in [0.3, 0.4) is 0 Å². The van der Waals surface area contributed by atoms with Gasteiger partial charge in [0.2, 0.25) is 11.8 Å². The lowest BCUT2D eigenvalue weighted by Crippen LogP contribution is -2.47. The molecule has 3 aromatic rings. The minimum atomic E-state index is -0.880. The van der Waals surface area contributed by atoms with Gasteiger partial charge in [0.05, 0.1) is 0 Å². The van der Waals surface area contributed by atoms with Crippen molar-refractivity contribution in [1.82, 2.24) is 9.88 Å². The highest BCUT2D eigenvalue weighted by Crippen LogP contribution is 2.22. The Morgan fingerprint density at radius 2 is 1.67 bits per heavy atom. The number of rotatable bonds is 6. The van der Waals surface area contributed by atoms with E-state index in [9.17, 15) is 14.4 Å². The molecule has 3 N–H and O–H groups in total. The minimum absolute atomic E-state index is 0.209. The SMILES string of the molecule is CC(=O)Nc1cccc(NC(=O)C(Cc2cn(C)c3ccccc23)NC(=O)OC(C)(C)C)c1. The molecule has 0 bridgehead atoms. The van der Waals surface area contributed by atoms with Crippen LogP contribution in [0.2, 0.25) is 0 Å². The minimum Gasteiger partial charge on any atom is -0.444 e. The molecule has 8 heteroatoms. The average molecular weight is 451 g/mol. The molecule has 3 rings (SSSR count). The first-order valence-corrected chi connectivity index (χ1v) is 10.7. The summed E-state index contributed by atoms with van der Waals surface area (Å²) in [6.45, 7) is 6.70. The van der Waals surface area contributed by atoms with E-state index >= 15 is 0 Å². The number of aromatic nitrogens is 1. The van der Waals surface area contributed by atoms with E-state index < -0.39 is 23.6 Å². The highest BCUT2D eigenvalue weighted by molar-refractivity contribution is 5.98. The number of carbonyl (C=O) groups excluding carboxylic acids is 3.